The molecule has 1 saturated heterocycles. The Bertz CT molecular complexity index is 1260. The van der Waals surface area contributed by atoms with E-state index in [0.29, 0.717) is 17.7 Å². The van der Waals surface area contributed by atoms with E-state index in [1.54, 1.807) is 18.2 Å². The van der Waals surface area contributed by atoms with Crippen LogP contribution in [0.25, 0.3) is 6.08 Å². The van der Waals surface area contributed by atoms with E-state index in [2.05, 4.69) is 72.5 Å². The molecule has 4 heteroatoms. The lowest BCUT2D eigenvalue weighted by Gasteiger charge is -2.39. The lowest BCUT2D eigenvalue weighted by molar-refractivity contribution is 0.0977. The summed E-state index contributed by atoms with van der Waals surface area (Å²) in [5.74, 6) is -0.0210. The summed E-state index contributed by atoms with van der Waals surface area (Å²) >= 11 is 0. The average Bonchev–Trinajstić information content (AvgIpc) is 3.18. The first-order valence-electron chi connectivity index (χ1n) is 12.0. The molecule has 1 amide bonds. The largest absolute Gasteiger partial charge is 0.307 e. The predicted octanol–water partition coefficient (Wildman–Crippen LogP) is 5.57. The van der Waals surface area contributed by atoms with E-state index in [4.69, 9.17) is 0 Å². The summed E-state index contributed by atoms with van der Waals surface area (Å²) in [6, 6.07) is 26.1. The number of benzene rings is 3. The summed E-state index contributed by atoms with van der Waals surface area (Å²) in [5, 5.41) is 9.26. The first-order chi connectivity index (χ1) is 16.6. The zero-order chi connectivity index (χ0) is 23.5. The van der Waals surface area contributed by atoms with Gasteiger partial charge < -0.3 is 4.90 Å². The SMILES string of the molecule is Cc1ccc2c(c1)C1(CCN(CC=Cc3ccccc3)CC1)CN2C(=O)c1cccc(C#N)c1. The molecule has 170 valence electrons. The fourth-order valence-electron chi connectivity index (χ4n) is 5.33. The molecule has 34 heavy (non-hydrogen) atoms. The summed E-state index contributed by atoms with van der Waals surface area (Å²) in [6.45, 7) is 5.79. The van der Waals surface area contributed by atoms with Gasteiger partial charge in [0.05, 0.1) is 11.6 Å². The molecule has 0 saturated carbocycles. The second kappa shape index (κ2) is 9.29. The van der Waals surface area contributed by atoms with E-state index in [0.717, 1.165) is 38.2 Å². The molecule has 2 heterocycles. The molecule has 4 nitrogen and oxygen atoms in total. The zero-order valence-electron chi connectivity index (χ0n) is 19.6. The van der Waals surface area contributed by atoms with Gasteiger partial charge in [-0.15, -0.1) is 0 Å². The van der Waals surface area contributed by atoms with Crippen LogP contribution in [-0.2, 0) is 5.41 Å². The Morgan fingerprint density at radius 1 is 1.03 bits per heavy atom. The maximum Gasteiger partial charge on any atom is 0.258 e. The Morgan fingerprint density at radius 2 is 1.82 bits per heavy atom. The van der Waals surface area contributed by atoms with Crippen LogP contribution in [0.4, 0.5) is 5.69 Å². The van der Waals surface area contributed by atoms with E-state index in [1.165, 1.54) is 16.7 Å². The number of likely N-dealkylation sites (tertiary alicyclic amines) is 1. The van der Waals surface area contributed by atoms with Gasteiger partial charge in [0, 0.05) is 29.8 Å². The maximum atomic E-state index is 13.5. The van der Waals surface area contributed by atoms with Gasteiger partial charge in [0.15, 0.2) is 0 Å². The number of amides is 1. The summed E-state index contributed by atoms with van der Waals surface area (Å²) < 4.78 is 0. The Kier molecular flexibility index (Phi) is 6.04. The van der Waals surface area contributed by atoms with E-state index in [-0.39, 0.29) is 11.3 Å². The van der Waals surface area contributed by atoms with Crippen LogP contribution in [0.1, 0.15) is 45.5 Å². The number of aryl methyl sites for hydroxylation is 1. The molecule has 1 spiro atoms. The standard InChI is InChI=1S/C30H29N3O/c1-23-12-13-28-27(19-23)30(22-33(28)29(34)26-11-5-9-25(20-26)21-31)14-17-32(18-15-30)16-6-10-24-7-3-2-4-8-24/h2-13,19-20H,14-18,22H2,1H3. The minimum absolute atomic E-state index is 0.0104. The molecule has 2 aliphatic rings. The van der Waals surface area contributed by atoms with Gasteiger partial charge in [-0.1, -0.05) is 66.2 Å². The van der Waals surface area contributed by atoms with Crippen LogP contribution in [-0.4, -0.2) is 37.0 Å². The molecule has 5 rings (SSSR count). The Morgan fingerprint density at radius 3 is 2.59 bits per heavy atom. The molecule has 0 unspecified atom stereocenters. The molecule has 0 aliphatic carbocycles. The Labute approximate surface area is 201 Å². The molecule has 2 aliphatic heterocycles. The van der Waals surface area contributed by atoms with Crippen molar-refractivity contribution >= 4 is 17.7 Å². The van der Waals surface area contributed by atoms with Crippen molar-refractivity contribution in [3.63, 3.8) is 0 Å². The molecule has 0 bridgehead atoms. The van der Waals surface area contributed by atoms with Crippen LogP contribution in [0.5, 0.6) is 0 Å². The smallest absolute Gasteiger partial charge is 0.258 e. The number of piperidine rings is 1. The van der Waals surface area contributed by atoms with Crippen LogP contribution in [0, 0.1) is 18.3 Å². The maximum absolute atomic E-state index is 13.5. The number of hydrogen-bond acceptors (Lipinski definition) is 3. The van der Waals surface area contributed by atoms with Crippen molar-refractivity contribution in [2.24, 2.45) is 0 Å². The molecular formula is C30H29N3O. The van der Waals surface area contributed by atoms with Gasteiger partial charge in [-0.25, -0.2) is 0 Å². The van der Waals surface area contributed by atoms with Gasteiger partial charge in [-0.05, 0) is 68.2 Å². The normalized spacial score (nSPS) is 17.1. The second-order valence-corrected chi connectivity index (χ2v) is 9.50. The molecule has 0 atom stereocenters. The van der Waals surface area contributed by atoms with Gasteiger partial charge in [0.2, 0.25) is 0 Å². The van der Waals surface area contributed by atoms with Crippen LogP contribution in [0.15, 0.2) is 78.9 Å². The van der Waals surface area contributed by atoms with Crippen LogP contribution >= 0.6 is 0 Å². The van der Waals surface area contributed by atoms with E-state index in [1.807, 2.05) is 17.0 Å². The van der Waals surface area contributed by atoms with Crippen LogP contribution in [0.3, 0.4) is 0 Å². The topological polar surface area (TPSA) is 47.3 Å². The molecule has 0 N–H and O–H groups in total. The molecule has 3 aromatic rings. The zero-order valence-corrected chi connectivity index (χ0v) is 19.6. The fourth-order valence-corrected chi connectivity index (χ4v) is 5.33. The number of nitriles is 1. The lowest BCUT2D eigenvalue weighted by Crippen LogP contribution is -2.46. The van der Waals surface area contributed by atoms with E-state index >= 15 is 0 Å². The summed E-state index contributed by atoms with van der Waals surface area (Å²) in [6.07, 6.45) is 6.50. The second-order valence-electron chi connectivity index (χ2n) is 9.50. The number of rotatable bonds is 4. The van der Waals surface area contributed by atoms with Crippen molar-refractivity contribution in [3.05, 3.63) is 107 Å². The fraction of sp³-hybridized carbons (Fsp3) is 0.267. The highest BCUT2D eigenvalue weighted by Crippen LogP contribution is 2.47. The van der Waals surface area contributed by atoms with Gasteiger partial charge in [0.25, 0.3) is 5.91 Å². The highest BCUT2D eigenvalue weighted by molar-refractivity contribution is 6.08. The lowest BCUT2D eigenvalue weighted by atomic mass is 9.74. The summed E-state index contributed by atoms with van der Waals surface area (Å²) in [4.78, 5) is 18.0. The molecular weight excluding hydrogens is 418 g/mol. The van der Waals surface area contributed by atoms with Crippen LogP contribution in [0.2, 0.25) is 0 Å². The Balaban J connectivity index is 1.34. The number of hydrogen-bond donors (Lipinski definition) is 0. The summed E-state index contributed by atoms with van der Waals surface area (Å²) in [7, 11) is 0. The first kappa shape index (κ1) is 22.1. The van der Waals surface area contributed by atoms with Crippen molar-refractivity contribution in [2.45, 2.75) is 25.2 Å². The minimum atomic E-state index is -0.0210. The number of anilines is 1. The van der Waals surface area contributed by atoms with Crippen molar-refractivity contribution in [3.8, 4) is 6.07 Å². The number of fused-ring (bicyclic) bond motifs is 2. The van der Waals surface area contributed by atoms with Crippen molar-refractivity contribution in [2.75, 3.05) is 31.1 Å². The predicted molar refractivity (Wildman–Crippen MR) is 137 cm³/mol. The Hall–Kier alpha value is -3.68. The van der Waals surface area contributed by atoms with Crippen LogP contribution < -0.4 is 4.90 Å². The molecule has 3 aromatic carbocycles. The number of carbonyl (C=O) groups is 1. The monoisotopic (exact) mass is 447 g/mol. The van der Waals surface area contributed by atoms with E-state index in [9.17, 15) is 10.1 Å². The van der Waals surface area contributed by atoms with Gasteiger partial charge >= 0.3 is 0 Å². The number of nitrogens with zero attached hydrogens (tertiary/aromatic N) is 3. The highest BCUT2D eigenvalue weighted by atomic mass is 16.2. The third kappa shape index (κ3) is 4.27. The highest BCUT2D eigenvalue weighted by Gasteiger charge is 2.46. The quantitative estimate of drug-likeness (QED) is 0.525. The average molecular weight is 448 g/mol. The van der Waals surface area contributed by atoms with Gasteiger partial charge in [0.1, 0.15) is 0 Å². The van der Waals surface area contributed by atoms with Gasteiger partial charge in [-0.3, -0.25) is 9.69 Å². The third-order valence-electron chi connectivity index (χ3n) is 7.25. The minimum Gasteiger partial charge on any atom is -0.307 e. The van der Waals surface area contributed by atoms with Gasteiger partial charge in [-0.2, -0.15) is 5.26 Å². The number of carbonyl (C=O) groups excluding carboxylic acids is 1. The molecule has 0 aromatic heterocycles. The van der Waals surface area contributed by atoms with E-state index < -0.39 is 0 Å². The van der Waals surface area contributed by atoms with Crippen molar-refractivity contribution < 1.29 is 4.79 Å². The first-order valence-corrected chi connectivity index (χ1v) is 12.0. The molecule has 0 radical (unpaired) electrons. The molecule has 1 fully saturated rings. The van der Waals surface area contributed by atoms with Crippen molar-refractivity contribution in [1.82, 2.24) is 4.90 Å². The van der Waals surface area contributed by atoms with Crippen molar-refractivity contribution in [1.29, 1.82) is 5.26 Å². The third-order valence-corrected chi connectivity index (χ3v) is 7.25. The summed E-state index contributed by atoms with van der Waals surface area (Å²) in [5.41, 5.74) is 5.86.